The van der Waals surface area contributed by atoms with E-state index in [0.29, 0.717) is 6.61 Å². The number of rotatable bonds is 5. The van der Waals surface area contributed by atoms with Gasteiger partial charge in [-0.25, -0.2) is 4.79 Å². The lowest BCUT2D eigenvalue weighted by atomic mass is 10.1. The molecule has 1 fully saturated rings. The lowest BCUT2D eigenvalue weighted by molar-refractivity contribution is -0.135. The minimum absolute atomic E-state index is 0.139. The Labute approximate surface area is 120 Å². The third-order valence-electron chi connectivity index (χ3n) is 3.32. The maximum atomic E-state index is 11.4. The summed E-state index contributed by atoms with van der Waals surface area (Å²) >= 11 is 0. The van der Waals surface area contributed by atoms with Crippen molar-refractivity contribution in [1.29, 1.82) is 0 Å². The number of esters is 1. The summed E-state index contributed by atoms with van der Waals surface area (Å²) in [4.78, 5) is 11.4. The first-order chi connectivity index (χ1) is 9.77. The average Bonchev–Trinajstić information content (AvgIpc) is 2.90. The van der Waals surface area contributed by atoms with E-state index in [-0.39, 0.29) is 5.97 Å². The molecule has 2 nitrogen and oxygen atoms in total. The highest BCUT2D eigenvalue weighted by Crippen LogP contribution is 2.19. The van der Waals surface area contributed by atoms with Crippen molar-refractivity contribution in [3.8, 4) is 0 Å². The van der Waals surface area contributed by atoms with Crippen molar-refractivity contribution in [3.63, 3.8) is 0 Å². The molecule has 1 aromatic carbocycles. The van der Waals surface area contributed by atoms with E-state index < -0.39 is 0 Å². The van der Waals surface area contributed by atoms with Gasteiger partial charge in [-0.3, -0.25) is 0 Å². The lowest BCUT2D eigenvalue weighted by Crippen LogP contribution is -1.97. The molecule has 104 valence electrons. The van der Waals surface area contributed by atoms with Crippen molar-refractivity contribution >= 4 is 12.0 Å². The molecule has 0 amide bonds. The highest BCUT2D eigenvalue weighted by molar-refractivity contribution is 5.91. The number of carbonyl (C=O) groups is 1. The molecule has 1 aromatic rings. The Hall–Kier alpha value is -2.09. The van der Waals surface area contributed by atoms with Crippen molar-refractivity contribution in [2.24, 2.45) is 0 Å². The van der Waals surface area contributed by atoms with E-state index in [1.165, 1.54) is 5.56 Å². The van der Waals surface area contributed by atoms with Gasteiger partial charge in [0.15, 0.2) is 0 Å². The normalized spacial score (nSPS) is 17.9. The first-order valence-electron chi connectivity index (χ1n) is 6.99. The van der Waals surface area contributed by atoms with Crippen LogP contribution in [0.3, 0.4) is 0 Å². The van der Waals surface area contributed by atoms with Crippen molar-refractivity contribution in [2.75, 3.05) is 6.61 Å². The summed E-state index contributed by atoms with van der Waals surface area (Å²) in [6, 6.07) is 10.2. The van der Waals surface area contributed by atoms with Gasteiger partial charge >= 0.3 is 5.97 Å². The number of allylic oxidation sites excluding steroid dienone is 4. The molecule has 1 aliphatic rings. The number of ether oxygens (including phenoxy) is 1. The molecule has 0 radical (unpaired) electrons. The van der Waals surface area contributed by atoms with Gasteiger partial charge in [-0.1, -0.05) is 60.2 Å². The molecule has 1 aliphatic heterocycles. The summed E-state index contributed by atoms with van der Waals surface area (Å²) in [7, 11) is 0. The zero-order chi connectivity index (χ0) is 14.2. The largest absolute Gasteiger partial charge is 0.462 e. The van der Waals surface area contributed by atoms with Gasteiger partial charge in [0.2, 0.25) is 0 Å². The van der Waals surface area contributed by atoms with Crippen LogP contribution in [0.5, 0.6) is 0 Å². The van der Waals surface area contributed by atoms with Crippen molar-refractivity contribution < 1.29 is 9.53 Å². The molecular formula is C18H20O2. The Morgan fingerprint density at radius 3 is 2.70 bits per heavy atom. The van der Waals surface area contributed by atoms with E-state index in [9.17, 15) is 4.79 Å². The first-order valence-corrected chi connectivity index (χ1v) is 6.99. The SMILES string of the molecule is C/C(C/C=C/C/C=C/c1ccccc1)=C1/CCOC1=O. The van der Waals surface area contributed by atoms with Gasteiger partial charge in [-0.15, -0.1) is 0 Å². The lowest BCUT2D eigenvalue weighted by Gasteiger charge is -1.98. The fourth-order valence-electron chi connectivity index (χ4n) is 2.15. The monoisotopic (exact) mass is 268 g/mol. The quantitative estimate of drug-likeness (QED) is 0.452. The predicted octanol–water partition coefficient (Wildman–Crippen LogP) is 4.30. The molecule has 1 saturated heterocycles. The van der Waals surface area contributed by atoms with E-state index >= 15 is 0 Å². The van der Waals surface area contributed by atoms with Crippen LogP contribution in [-0.2, 0) is 9.53 Å². The number of hydrogen-bond acceptors (Lipinski definition) is 2. The third-order valence-corrected chi connectivity index (χ3v) is 3.32. The highest BCUT2D eigenvalue weighted by Gasteiger charge is 2.20. The van der Waals surface area contributed by atoms with E-state index in [1.54, 1.807) is 0 Å². The molecule has 20 heavy (non-hydrogen) atoms. The van der Waals surface area contributed by atoms with Crippen LogP contribution in [0.4, 0.5) is 0 Å². The fraction of sp³-hybridized carbons (Fsp3) is 0.278. The Morgan fingerprint density at radius 2 is 2.00 bits per heavy atom. The second kappa shape index (κ2) is 7.49. The molecule has 0 aliphatic carbocycles. The van der Waals surface area contributed by atoms with Crippen molar-refractivity contribution in [3.05, 3.63) is 65.3 Å². The molecule has 0 N–H and O–H groups in total. The van der Waals surface area contributed by atoms with Crippen LogP contribution < -0.4 is 0 Å². The zero-order valence-corrected chi connectivity index (χ0v) is 11.8. The van der Waals surface area contributed by atoms with Crippen molar-refractivity contribution in [2.45, 2.75) is 26.2 Å². The second-order valence-corrected chi connectivity index (χ2v) is 4.87. The second-order valence-electron chi connectivity index (χ2n) is 4.87. The molecule has 2 heteroatoms. The highest BCUT2D eigenvalue weighted by atomic mass is 16.5. The van der Waals surface area contributed by atoms with Gasteiger partial charge in [0.1, 0.15) is 0 Å². The maximum Gasteiger partial charge on any atom is 0.334 e. The van der Waals surface area contributed by atoms with E-state index in [4.69, 9.17) is 4.74 Å². The Balaban J connectivity index is 1.77. The maximum absolute atomic E-state index is 11.4. The number of benzene rings is 1. The van der Waals surface area contributed by atoms with E-state index in [0.717, 1.165) is 30.4 Å². The number of carbonyl (C=O) groups excluding carboxylic acids is 1. The van der Waals surface area contributed by atoms with Gasteiger partial charge in [0, 0.05) is 12.0 Å². The van der Waals surface area contributed by atoms with Crippen LogP contribution in [0.1, 0.15) is 31.7 Å². The average molecular weight is 268 g/mol. The summed E-state index contributed by atoms with van der Waals surface area (Å²) in [5.41, 5.74) is 3.19. The summed E-state index contributed by atoms with van der Waals surface area (Å²) in [5.74, 6) is -0.139. The topological polar surface area (TPSA) is 26.3 Å². The number of cyclic esters (lactones) is 1. The van der Waals surface area contributed by atoms with Gasteiger partial charge in [0.25, 0.3) is 0 Å². The third kappa shape index (κ3) is 4.23. The zero-order valence-electron chi connectivity index (χ0n) is 11.8. The van der Waals surface area contributed by atoms with Crippen LogP contribution in [0.15, 0.2) is 59.7 Å². The Bertz CT molecular complexity index is 536. The molecule has 0 aromatic heterocycles. The van der Waals surface area contributed by atoms with Crippen LogP contribution in [-0.4, -0.2) is 12.6 Å². The van der Waals surface area contributed by atoms with Gasteiger partial charge in [0.05, 0.1) is 6.61 Å². The smallest absolute Gasteiger partial charge is 0.334 e. The van der Waals surface area contributed by atoms with Crippen LogP contribution in [0.25, 0.3) is 6.08 Å². The van der Waals surface area contributed by atoms with E-state index in [1.807, 2.05) is 25.1 Å². The molecular weight excluding hydrogens is 248 g/mol. The summed E-state index contributed by atoms with van der Waals surface area (Å²) in [6.07, 6.45) is 11.0. The minimum atomic E-state index is -0.139. The number of hydrogen-bond donors (Lipinski definition) is 0. The summed E-state index contributed by atoms with van der Waals surface area (Å²) in [6.45, 7) is 2.54. The first kappa shape index (κ1) is 14.3. The van der Waals surface area contributed by atoms with Crippen molar-refractivity contribution in [1.82, 2.24) is 0 Å². The standard InChI is InChI=1S/C18H20O2/c1-15(17-13-14-20-18(17)19)9-5-2-3-6-10-16-11-7-4-8-12-16/h2,4-8,10-12H,3,9,13-14H2,1H3/b5-2+,10-6+,17-15+. The van der Waals surface area contributed by atoms with Crippen LogP contribution in [0, 0.1) is 0 Å². The Morgan fingerprint density at radius 1 is 1.20 bits per heavy atom. The molecule has 0 bridgehead atoms. The van der Waals surface area contributed by atoms with Gasteiger partial charge in [-0.05, 0) is 25.3 Å². The molecule has 0 unspecified atom stereocenters. The minimum Gasteiger partial charge on any atom is -0.462 e. The van der Waals surface area contributed by atoms with Crippen LogP contribution in [0.2, 0.25) is 0 Å². The molecule has 0 saturated carbocycles. The molecule has 2 rings (SSSR count). The predicted molar refractivity (Wildman–Crippen MR) is 82.1 cm³/mol. The summed E-state index contributed by atoms with van der Waals surface area (Å²) in [5, 5.41) is 0. The molecule has 0 atom stereocenters. The van der Waals surface area contributed by atoms with Crippen LogP contribution >= 0.6 is 0 Å². The van der Waals surface area contributed by atoms with E-state index in [2.05, 4.69) is 36.4 Å². The molecule has 1 heterocycles. The Kier molecular flexibility index (Phi) is 5.36. The fourth-order valence-corrected chi connectivity index (χ4v) is 2.15. The van der Waals surface area contributed by atoms with Gasteiger partial charge in [-0.2, -0.15) is 0 Å². The molecule has 0 spiro atoms. The van der Waals surface area contributed by atoms with Gasteiger partial charge < -0.3 is 4.74 Å². The summed E-state index contributed by atoms with van der Waals surface area (Å²) < 4.78 is 4.95.